The summed E-state index contributed by atoms with van der Waals surface area (Å²) < 4.78 is 0. The number of rotatable bonds is 3. The van der Waals surface area contributed by atoms with Gasteiger partial charge in [-0.25, -0.2) is 0 Å². The summed E-state index contributed by atoms with van der Waals surface area (Å²) in [6, 6.07) is 7.37. The van der Waals surface area contributed by atoms with E-state index < -0.39 is 29.8 Å². The van der Waals surface area contributed by atoms with E-state index in [9.17, 15) is 14.4 Å². The Balaban J connectivity index is 2.22. The molecule has 1 aliphatic rings. The molecule has 0 saturated carbocycles. The topological polar surface area (TPSA) is 92.5 Å². The molecule has 0 aromatic heterocycles. The predicted octanol–water partition coefficient (Wildman–Crippen LogP) is -0.0500. The SMILES string of the molecule is CCC1C(=O)NC(=O)CN1C(=O)[C@@H](N)c1ccccc1. The Morgan fingerprint density at radius 1 is 1.40 bits per heavy atom. The largest absolute Gasteiger partial charge is 0.320 e. The second-order valence-electron chi connectivity index (χ2n) is 4.69. The molecule has 3 N–H and O–H groups in total. The van der Waals surface area contributed by atoms with Crippen molar-refractivity contribution in [1.82, 2.24) is 10.2 Å². The zero-order valence-electron chi connectivity index (χ0n) is 11.2. The average Bonchev–Trinajstić information content (AvgIpc) is 2.46. The molecule has 0 bridgehead atoms. The van der Waals surface area contributed by atoms with Crippen molar-refractivity contribution < 1.29 is 14.4 Å². The molecule has 1 unspecified atom stereocenters. The average molecular weight is 275 g/mol. The summed E-state index contributed by atoms with van der Waals surface area (Å²) in [5.41, 5.74) is 6.60. The van der Waals surface area contributed by atoms with E-state index in [-0.39, 0.29) is 6.54 Å². The Kier molecular flexibility index (Phi) is 4.14. The minimum Gasteiger partial charge on any atom is -0.320 e. The van der Waals surface area contributed by atoms with Crippen LogP contribution in [-0.4, -0.2) is 35.2 Å². The minimum absolute atomic E-state index is 0.135. The molecule has 1 fully saturated rings. The highest BCUT2D eigenvalue weighted by Gasteiger charge is 2.37. The second kappa shape index (κ2) is 5.83. The van der Waals surface area contributed by atoms with Gasteiger partial charge in [-0.1, -0.05) is 37.3 Å². The highest BCUT2D eigenvalue weighted by Crippen LogP contribution is 2.17. The molecular formula is C14H17N3O3. The number of nitrogens with one attached hydrogen (secondary N) is 1. The number of nitrogens with zero attached hydrogens (tertiary/aromatic N) is 1. The predicted molar refractivity (Wildman–Crippen MR) is 72.3 cm³/mol. The molecule has 0 spiro atoms. The monoisotopic (exact) mass is 275 g/mol. The van der Waals surface area contributed by atoms with Crippen LogP contribution >= 0.6 is 0 Å². The smallest absolute Gasteiger partial charge is 0.249 e. The van der Waals surface area contributed by atoms with Gasteiger partial charge in [0.1, 0.15) is 18.6 Å². The van der Waals surface area contributed by atoms with Crippen LogP contribution in [0.1, 0.15) is 24.9 Å². The zero-order valence-corrected chi connectivity index (χ0v) is 11.2. The summed E-state index contributed by atoms with van der Waals surface area (Å²) in [6.45, 7) is 1.65. The van der Waals surface area contributed by atoms with Gasteiger partial charge in [0, 0.05) is 0 Å². The molecule has 1 saturated heterocycles. The maximum absolute atomic E-state index is 12.4. The van der Waals surface area contributed by atoms with Crippen LogP contribution in [0.25, 0.3) is 0 Å². The summed E-state index contributed by atoms with van der Waals surface area (Å²) in [7, 11) is 0. The lowest BCUT2D eigenvalue weighted by Crippen LogP contribution is -2.60. The number of piperazine rings is 1. The van der Waals surface area contributed by atoms with Crippen molar-refractivity contribution in [2.45, 2.75) is 25.4 Å². The second-order valence-corrected chi connectivity index (χ2v) is 4.69. The van der Waals surface area contributed by atoms with Gasteiger partial charge in [0.25, 0.3) is 0 Å². The van der Waals surface area contributed by atoms with Gasteiger partial charge >= 0.3 is 0 Å². The van der Waals surface area contributed by atoms with Crippen LogP contribution in [0.5, 0.6) is 0 Å². The zero-order chi connectivity index (χ0) is 14.7. The number of carbonyl (C=O) groups excluding carboxylic acids is 3. The van der Waals surface area contributed by atoms with Crippen molar-refractivity contribution in [2.24, 2.45) is 5.73 Å². The number of hydrogen-bond donors (Lipinski definition) is 2. The van der Waals surface area contributed by atoms with Crippen LogP contribution < -0.4 is 11.1 Å². The van der Waals surface area contributed by atoms with Gasteiger partial charge in [0.15, 0.2) is 0 Å². The van der Waals surface area contributed by atoms with Crippen LogP contribution in [0.4, 0.5) is 0 Å². The molecule has 20 heavy (non-hydrogen) atoms. The third kappa shape index (κ3) is 2.70. The molecule has 1 aliphatic heterocycles. The summed E-state index contributed by atoms with van der Waals surface area (Å²) >= 11 is 0. The van der Waals surface area contributed by atoms with Gasteiger partial charge in [-0.3, -0.25) is 19.7 Å². The quantitative estimate of drug-likeness (QED) is 0.756. The molecule has 3 amide bonds. The van der Waals surface area contributed by atoms with E-state index in [1.54, 1.807) is 31.2 Å². The van der Waals surface area contributed by atoms with Crippen molar-refractivity contribution in [3.63, 3.8) is 0 Å². The summed E-state index contributed by atoms with van der Waals surface area (Å²) in [5, 5.41) is 2.23. The first-order valence-electron chi connectivity index (χ1n) is 6.49. The number of amides is 3. The van der Waals surface area contributed by atoms with E-state index in [1.807, 2.05) is 6.07 Å². The highest BCUT2D eigenvalue weighted by molar-refractivity contribution is 6.04. The third-order valence-electron chi connectivity index (χ3n) is 3.35. The lowest BCUT2D eigenvalue weighted by Gasteiger charge is -2.35. The van der Waals surface area contributed by atoms with Gasteiger partial charge in [0.2, 0.25) is 17.7 Å². The van der Waals surface area contributed by atoms with Crippen molar-refractivity contribution >= 4 is 17.7 Å². The number of benzene rings is 1. The maximum Gasteiger partial charge on any atom is 0.249 e. The van der Waals surface area contributed by atoms with Gasteiger partial charge in [-0.15, -0.1) is 0 Å². The lowest BCUT2D eigenvalue weighted by atomic mass is 10.0. The highest BCUT2D eigenvalue weighted by atomic mass is 16.2. The van der Waals surface area contributed by atoms with Gasteiger partial charge in [0.05, 0.1) is 0 Å². The molecule has 0 radical (unpaired) electrons. The fraction of sp³-hybridized carbons (Fsp3) is 0.357. The Morgan fingerprint density at radius 2 is 2.05 bits per heavy atom. The van der Waals surface area contributed by atoms with Crippen LogP contribution in [0.15, 0.2) is 30.3 Å². The molecule has 6 nitrogen and oxygen atoms in total. The van der Waals surface area contributed by atoms with E-state index in [2.05, 4.69) is 5.32 Å². The normalized spacial score (nSPS) is 20.5. The molecule has 106 valence electrons. The van der Waals surface area contributed by atoms with Crippen molar-refractivity contribution in [1.29, 1.82) is 0 Å². The van der Waals surface area contributed by atoms with Crippen molar-refractivity contribution in [2.75, 3.05) is 6.54 Å². The molecule has 6 heteroatoms. The fourth-order valence-corrected chi connectivity index (χ4v) is 2.29. The van der Waals surface area contributed by atoms with Crippen LogP contribution in [-0.2, 0) is 14.4 Å². The van der Waals surface area contributed by atoms with E-state index in [0.29, 0.717) is 12.0 Å². The van der Waals surface area contributed by atoms with Gasteiger partial charge < -0.3 is 10.6 Å². The molecule has 1 aromatic carbocycles. The maximum atomic E-state index is 12.4. The third-order valence-corrected chi connectivity index (χ3v) is 3.35. The number of nitrogens with two attached hydrogens (primary N) is 1. The van der Waals surface area contributed by atoms with E-state index in [1.165, 1.54) is 4.90 Å². The Labute approximate surface area is 116 Å². The van der Waals surface area contributed by atoms with E-state index >= 15 is 0 Å². The van der Waals surface area contributed by atoms with Crippen LogP contribution in [0, 0.1) is 0 Å². The Hall–Kier alpha value is -2.21. The first-order chi connectivity index (χ1) is 9.54. The molecule has 2 rings (SSSR count). The van der Waals surface area contributed by atoms with Gasteiger partial charge in [-0.2, -0.15) is 0 Å². The van der Waals surface area contributed by atoms with Crippen LogP contribution in [0.3, 0.4) is 0 Å². The van der Waals surface area contributed by atoms with E-state index in [4.69, 9.17) is 5.73 Å². The Morgan fingerprint density at radius 3 is 2.65 bits per heavy atom. The molecular weight excluding hydrogens is 258 g/mol. The first kappa shape index (κ1) is 14.2. The lowest BCUT2D eigenvalue weighted by molar-refractivity contribution is -0.150. The number of hydrogen-bond acceptors (Lipinski definition) is 4. The number of carbonyl (C=O) groups is 3. The summed E-state index contributed by atoms with van der Waals surface area (Å²) in [5.74, 6) is -1.34. The molecule has 1 heterocycles. The van der Waals surface area contributed by atoms with E-state index in [0.717, 1.165) is 0 Å². The minimum atomic E-state index is -0.871. The fourth-order valence-electron chi connectivity index (χ4n) is 2.29. The standard InChI is InChI=1S/C14H17N3O3/c1-2-10-13(19)16-11(18)8-17(10)14(20)12(15)9-6-4-3-5-7-9/h3-7,10,12H,2,8,15H2,1H3,(H,16,18,19)/t10?,12-/m0/s1. The van der Waals surface area contributed by atoms with Crippen molar-refractivity contribution in [3.8, 4) is 0 Å². The summed E-state index contributed by atoms with van der Waals surface area (Å²) in [4.78, 5) is 36.9. The van der Waals surface area contributed by atoms with Gasteiger partial charge in [-0.05, 0) is 12.0 Å². The first-order valence-corrected chi connectivity index (χ1v) is 6.49. The molecule has 1 aromatic rings. The summed E-state index contributed by atoms with van der Waals surface area (Å²) in [6.07, 6.45) is 0.437. The molecule has 0 aliphatic carbocycles. The number of imide groups is 1. The van der Waals surface area contributed by atoms with Crippen molar-refractivity contribution in [3.05, 3.63) is 35.9 Å². The Bertz CT molecular complexity index is 530. The van der Waals surface area contributed by atoms with Crippen LogP contribution in [0.2, 0.25) is 0 Å². The molecule has 2 atom stereocenters.